The number of rotatable bonds is 3. The van der Waals surface area contributed by atoms with Gasteiger partial charge < -0.3 is 10.4 Å². The molecule has 0 heterocycles. The second-order valence-electron chi connectivity index (χ2n) is 5.12. The first-order valence-electron chi connectivity index (χ1n) is 6.48. The van der Waals surface area contributed by atoms with Crippen LogP contribution in [0.4, 0.5) is 18.9 Å². The van der Waals surface area contributed by atoms with Crippen LogP contribution in [-0.4, -0.2) is 23.2 Å². The Morgan fingerprint density at radius 2 is 1.76 bits per heavy atom. The third-order valence-electron chi connectivity index (χ3n) is 3.68. The number of anilines is 1. The SMILES string of the molecule is O=C(O)[C@@H]1CC[C@@H](c2ccc(NC(=O)C(F)(F)F)cc2)C1. The van der Waals surface area contributed by atoms with Crippen LogP contribution in [0.1, 0.15) is 30.7 Å². The minimum Gasteiger partial charge on any atom is -0.481 e. The van der Waals surface area contributed by atoms with E-state index in [2.05, 4.69) is 0 Å². The van der Waals surface area contributed by atoms with Crippen LogP contribution in [0.3, 0.4) is 0 Å². The van der Waals surface area contributed by atoms with Gasteiger partial charge in [-0.2, -0.15) is 13.2 Å². The van der Waals surface area contributed by atoms with Crippen molar-refractivity contribution in [2.24, 2.45) is 5.92 Å². The first kappa shape index (κ1) is 15.3. The Balaban J connectivity index is 2.00. The van der Waals surface area contributed by atoms with Crippen molar-refractivity contribution in [3.63, 3.8) is 0 Å². The summed E-state index contributed by atoms with van der Waals surface area (Å²) >= 11 is 0. The molecule has 4 nitrogen and oxygen atoms in total. The van der Waals surface area contributed by atoms with Crippen molar-refractivity contribution < 1.29 is 27.9 Å². The smallest absolute Gasteiger partial charge is 0.471 e. The van der Waals surface area contributed by atoms with Crippen molar-refractivity contribution in [1.29, 1.82) is 0 Å². The predicted octanol–water partition coefficient (Wildman–Crippen LogP) is 3.16. The Labute approximate surface area is 119 Å². The number of nitrogens with one attached hydrogen (secondary N) is 1. The normalized spacial score (nSPS) is 22.0. The van der Waals surface area contributed by atoms with Crippen molar-refractivity contribution in [1.82, 2.24) is 0 Å². The summed E-state index contributed by atoms with van der Waals surface area (Å²) in [6.45, 7) is 0. The average molecular weight is 301 g/mol. The van der Waals surface area contributed by atoms with E-state index < -0.39 is 18.1 Å². The summed E-state index contributed by atoms with van der Waals surface area (Å²) < 4.78 is 36.3. The maximum atomic E-state index is 12.1. The maximum Gasteiger partial charge on any atom is 0.471 e. The fourth-order valence-electron chi connectivity index (χ4n) is 2.55. The molecule has 0 bridgehead atoms. The first-order valence-corrected chi connectivity index (χ1v) is 6.48. The fourth-order valence-corrected chi connectivity index (χ4v) is 2.55. The number of alkyl halides is 3. The van der Waals surface area contributed by atoms with Crippen LogP contribution in [-0.2, 0) is 9.59 Å². The number of benzene rings is 1. The summed E-state index contributed by atoms with van der Waals surface area (Å²) in [6.07, 6.45) is -3.04. The Kier molecular flexibility index (Phi) is 4.20. The molecule has 2 atom stereocenters. The minimum atomic E-state index is -4.92. The molecule has 0 radical (unpaired) electrons. The molecule has 0 aromatic heterocycles. The quantitative estimate of drug-likeness (QED) is 0.901. The third-order valence-corrected chi connectivity index (χ3v) is 3.68. The molecule has 1 aliphatic rings. The molecule has 0 saturated heterocycles. The van der Waals surface area contributed by atoms with E-state index in [0.717, 1.165) is 12.0 Å². The highest BCUT2D eigenvalue weighted by Crippen LogP contribution is 2.38. The molecular formula is C14H14F3NO3. The molecule has 1 aliphatic carbocycles. The van der Waals surface area contributed by atoms with Crippen molar-refractivity contribution in [3.8, 4) is 0 Å². The number of carboxylic acids is 1. The van der Waals surface area contributed by atoms with Gasteiger partial charge in [0.2, 0.25) is 0 Å². The summed E-state index contributed by atoms with van der Waals surface area (Å²) in [4.78, 5) is 21.7. The lowest BCUT2D eigenvalue weighted by Gasteiger charge is -2.12. The van der Waals surface area contributed by atoms with Gasteiger partial charge in [-0.1, -0.05) is 12.1 Å². The third kappa shape index (κ3) is 3.74. The average Bonchev–Trinajstić information content (AvgIpc) is 2.88. The van der Waals surface area contributed by atoms with Gasteiger partial charge in [0.15, 0.2) is 0 Å². The van der Waals surface area contributed by atoms with E-state index in [4.69, 9.17) is 5.11 Å². The number of hydrogen-bond acceptors (Lipinski definition) is 2. The molecule has 1 aromatic rings. The zero-order valence-electron chi connectivity index (χ0n) is 11.0. The molecule has 0 aliphatic heterocycles. The van der Waals surface area contributed by atoms with E-state index in [1.807, 2.05) is 0 Å². The molecule has 1 amide bonds. The topological polar surface area (TPSA) is 66.4 Å². The molecule has 2 N–H and O–H groups in total. The van der Waals surface area contributed by atoms with E-state index in [0.29, 0.717) is 12.8 Å². The van der Waals surface area contributed by atoms with Gasteiger partial charge in [0.05, 0.1) is 5.92 Å². The Bertz CT molecular complexity index is 539. The minimum absolute atomic E-state index is 0.0638. The van der Waals surface area contributed by atoms with Crippen LogP contribution in [0.2, 0.25) is 0 Å². The van der Waals surface area contributed by atoms with Crippen molar-refractivity contribution in [2.75, 3.05) is 5.32 Å². The van der Waals surface area contributed by atoms with Crippen LogP contribution >= 0.6 is 0 Å². The second-order valence-corrected chi connectivity index (χ2v) is 5.12. The number of aliphatic carboxylic acids is 1. The molecule has 21 heavy (non-hydrogen) atoms. The van der Waals surface area contributed by atoms with Gasteiger partial charge >= 0.3 is 18.1 Å². The van der Waals surface area contributed by atoms with E-state index in [-0.39, 0.29) is 17.5 Å². The molecule has 1 fully saturated rings. The number of carbonyl (C=O) groups excluding carboxylic acids is 1. The van der Waals surface area contributed by atoms with Gasteiger partial charge in [0, 0.05) is 5.69 Å². The van der Waals surface area contributed by atoms with Crippen molar-refractivity contribution >= 4 is 17.6 Å². The van der Waals surface area contributed by atoms with Crippen LogP contribution in [0.5, 0.6) is 0 Å². The number of carboxylic acid groups (broad SMARTS) is 1. The number of amides is 1. The molecule has 114 valence electrons. The van der Waals surface area contributed by atoms with E-state index >= 15 is 0 Å². The van der Waals surface area contributed by atoms with Gasteiger partial charge in [-0.25, -0.2) is 0 Å². The first-order chi connectivity index (χ1) is 9.77. The molecule has 2 rings (SSSR count). The largest absolute Gasteiger partial charge is 0.481 e. The van der Waals surface area contributed by atoms with E-state index in [1.54, 1.807) is 17.4 Å². The summed E-state index contributed by atoms with van der Waals surface area (Å²) in [7, 11) is 0. The number of carbonyl (C=O) groups is 2. The van der Waals surface area contributed by atoms with Crippen LogP contribution in [0.25, 0.3) is 0 Å². The highest BCUT2D eigenvalue weighted by molar-refractivity contribution is 5.94. The zero-order valence-corrected chi connectivity index (χ0v) is 11.0. The summed E-state index contributed by atoms with van der Waals surface area (Å²) in [5.41, 5.74) is 0.942. The van der Waals surface area contributed by atoms with Crippen LogP contribution < -0.4 is 5.32 Å². The van der Waals surface area contributed by atoms with Gasteiger partial charge in [0.25, 0.3) is 0 Å². The van der Waals surface area contributed by atoms with Crippen molar-refractivity contribution in [3.05, 3.63) is 29.8 Å². The molecular weight excluding hydrogens is 287 g/mol. The lowest BCUT2D eigenvalue weighted by Crippen LogP contribution is -2.29. The van der Waals surface area contributed by atoms with E-state index in [1.165, 1.54) is 12.1 Å². The molecule has 7 heteroatoms. The Morgan fingerprint density at radius 1 is 1.14 bits per heavy atom. The molecule has 1 aromatic carbocycles. The molecule has 0 unspecified atom stereocenters. The Morgan fingerprint density at radius 3 is 2.24 bits per heavy atom. The highest BCUT2D eigenvalue weighted by Gasteiger charge is 2.38. The second kappa shape index (κ2) is 5.75. The van der Waals surface area contributed by atoms with Crippen LogP contribution in [0.15, 0.2) is 24.3 Å². The van der Waals surface area contributed by atoms with Gasteiger partial charge in [-0.05, 0) is 42.9 Å². The van der Waals surface area contributed by atoms with Crippen LogP contribution in [0, 0.1) is 5.92 Å². The molecule has 0 spiro atoms. The molecule has 1 saturated carbocycles. The predicted molar refractivity (Wildman–Crippen MR) is 68.8 cm³/mol. The fraction of sp³-hybridized carbons (Fsp3) is 0.429. The number of halogens is 3. The van der Waals surface area contributed by atoms with Gasteiger partial charge in [-0.3, -0.25) is 9.59 Å². The zero-order chi connectivity index (χ0) is 15.6. The standard InChI is InChI=1S/C14H14F3NO3/c15-14(16,17)13(21)18-11-5-3-8(4-6-11)9-1-2-10(7-9)12(19)20/h3-6,9-10H,1-2,7H2,(H,18,21)(H,19,20)/t9-,10-/m1/s1. The monoisotopic (exact) mass is 301 g/mol. The van der Waals surface area contributed by atoms with Gasteiger partial charge in [-0.15, -0.1) is 0 Å². The summed E-state index contributed by atoms with van der Waals surface area (Å²) in [5.74, 6) is -3.09. The lowest BCUT2D eigenvalue weighted by molar-refractivity contribution is -0.167. The Hall–Kier alpha value is -2.05. The number of hydrogen-bond donors (Lipinski definition) is 2. The van der Waals surface area contributed by atoms with Gasteiger partial charge in [0.1, 0.15) is 0 Å². The summed E-state index contributed by atoms with van der Waals surface area (Å²) in [6, 6.07) is 6.04. The highest BCUT2D eigenvalue weighted by atomic mass is 19.4. The lowest BCUT2D eigenvalue weighted by atomic mass is 9.96. The maximum absolute atomic E-state index is 12.1. The summed E-state index contributed by atoms with van der Waals surface area (Å²) in [5, 5.41) is 10.7. The van der Waals surface area contributed by atoms with E-state index in [9.17, 15) is 22.8 Å². The van der Waals surface area contributed by atoms with Crippen molar-refractivity contribution in [2.45, 2.75) is 31.4 Å².